The number of hydrogen-bond donors (Lipinski definition) is 0. The Morgan fingerprint density at radius 1 is 1.44 bits per heavy atom. The molecule has 1 fully saturated rings. The molecule has 1 aliphatic carbocycles. The van der Waals surface area contributed by atoms with Gasteiger partial charge < -0.3 is 0 Å². The number of rotatable bonds is 0. The van der Waals surface area contributed by atoms with Crippen molar-refractivity contribution in [1.29, 1.82) is 0 Å². The minimum Gasteiger partial charge on any atom is -0.0996 e. The van der Waals surface area contributed by atoms with Crippen LogP contribution in [0.4, 0.5) is 0 Å². The number of allylic oxidation sites excluding steroid dienone is 1. The zero-order chi connectivity index (χ0) is 7.07. The Labute approximate surface area is 58.0 Å². The van der Waals surface area contributed by atoms with Gasteiger partial charge in [-0.1, -0.05) is 32.9 Å². The quantitative estimate of drug-likeness (QED) is 0.435. The van der Waals surface area contributed by atoms with E-state index in [0.717, 1.165) is 5.92 Å². The van der Waals surface area contributed by atoms with Gasteiger partial charge in [0, 0.05) is 0 Å². The van der Waals surface area contributed by atoms with Crippen LogP contribution in [0.15, 0.2) is 12.2 Å². The van der Waals surface area contributed by atoms with Crippen molar-refractivity contribution in [2.45, 2.75) is 33.6 Å². The van der Waals surface area contributed by atoms with E-state index in [1.54, 1.807) is 0 Å². The second-order valence-corrected chi connectivity index (χ2v) is 4.12. The average molecular weight is 124 g/mol. The topological polar surface area (TPSA) is 0 Å². The lowest BCUT2D eigenvalue weighted by Crippen LogP contribution is -2.28. The maximum Gasteiger partial charge on any atom is -0.0154 e. The van der Waals surface area contributed by atoms with Gasteiger partial charge in [-0.05, 0) is 24.2 Å². The van der Waals surface area contributed by atoms with E-state index in [-0.39, 0.29) is 0 Å². The van der Waals surface area contributed by atoms with Gasteiger partial charge in [0.25, 0.3) is 0 Å². The van der Waals surface area contributed by atoms with Crippen molar-refractivity contribution < 1.29 is 0 Å². The van der Waals surface area contributed by atoms with Crippen molar-refractivity contribution in [3.8, 4) is 0 Å². The van der Waals surface area contributed by atoms with Crippen molar-refractivity contribution >= 4 is 0 Å². The molecule has 0 heterocycles. The molecular formula is C9H16. The van der Waals surface area contributed by atoms with Crippen LogP contribution in [0.2, 0.25) is 0 Å². The van der Waals surface area contributed by atoms with Gasteiger partial charge in [0.05, 0.1) is 0 Å². The highest BCUT2D eigenvalue weighted by molar-refractivity contribution is 5.13. The minimum absolute atomic E-state index is 0.468. The predicted molar refractivity (Wildman–Crippen MR) is 41.3 cm³/mol. The first kappa shape index (κ1) is 6.85. The largest absolute Gasteiger partial charge is 0.0996 e. The molecule has 1 saturated carbocycles. The molecule has 0 saturated heterocycles. The van der Waals surface area contributed by atoms with Crippen LogP contribution in [0.25, 0.3) is 0 Å². The molecular weight excluding hydrogens is 108 g/mol. The third-order valence-electron chi connectivity index (χ3n) is 2.29. The fraction of sp³-hybridized carbons (Fsp3) is 0.778. The summed E-state index contributed by atoms with van der Waals surface area (Å²) in [5.74, 6) is 0.803. The molecule has 9 heavy (non-hydrogen) atoms. The lowest BCUT2D eigenvalue weighted by molar-refractivity contribution is 0.214. The van der Waals surface area contributed by atoms with Gasteiger partial charge in [-0.3, -0.25) is 0 Å². The van der Waals surface area contributed by atoms with E-state index < -0.39 is 0 Å². The van der Waals surface area contributed by atoms with Crippen molar-refractivity contribution in [3.63, 3.8) is 0 Å². The van der Waals surface area contributed by atoms with Crippen LogP contribution in [0.5, 0.6) is 0 Å². The van der Waals surface area contributed by atoms with Crippen molar-refractivity contribution in [3.05, 3.63) is 12.2 Å². The summed E-state index contributed by atoms with van der Waals surface area (Å²) in [6.07, 6.45) is 2.63. The molecule has 1 aliphatic rings. The molecule has 0 heteroatoms. The van der Waals surface area contributed by atoms with E-state index in [9.17, 15) is 0 Å². The van der Waals surface area contributed by atoms with Gasteiger partial charge in [0.2, 0.25) is 0 Å². The Morgan fingerprint density at radius 3 is 2.00 bits per heavy atom. The summed E-state index contributed by atoms with van der Waals surface area (Å²) in [6.45, 7) is 10.9. The summed E-state index contributed by atoms with van der Waals surface area (Å²) in [5, 5.41) is 0. The smallest absolute Gasteiger partial charge is 0.0154 e. The van der Waals surface area contributed by atoms with Gasteiger partial charge in [-0.15, -0.1) is 0 Å². The molecule has 0 N–H and O–H groups in total. The minimum atomic E-state index is 0.468. The summed E-state index contributed by atoms with van der Waals surface area (Å²) in [5.41, 5.74) is 1.93. The highest BCUT2D eigenvalue weighted by atomic mass is 14.4. The normalized spacial score (nSPS) is 27.9. The first-order chi connectivity index (χ1) is 4.02. The molecule has 0 spiro atoms. The van der Waals surface area contributed by atoms with Crippen LogP contribution >= 0.6 is 0 Å². The van der Waals surface area contributed by atoms with Gasteiger partial charge in [0.1, 0.15) is 0 Å². The highest BCUT2D eigenvalue weighted by Gasteiger charge is 2.32. The van der Waals surface area contributed by atoms with Crippen molar-refractivity contribution in [2.24, 2.45) is 11.3 Å². The van der Waals surface area contributed by atoms with E-state index in [1.165, 1.54) is 18.4 Å². The third-order valence-corrected chi connectivity index (χ3v) is 2.29. The summed E-state index contributed by atoms with van der Waals surface area (Å²) >= 11 is 0. The molecule has 0 aliphatic heterocycles. The monoisotopic (exact) mass is 124 g/mol. The van der Waals surface area contributed by atoms with Crippen LogP contribution in [-0.4, -0.2) is 0 Å². The van der Waals surface area contributed by atoms with E-state index in [4.69, 9.17) is 0 Å². The van der Waals surface area contributed by atoms with E-state index in [2.05, 4.69) is 27.4 Å². The highest BCUT2D eigenvalue weighted by Crippen LogP contribution is 2.44. The van der Waals surface area contributed by atoms with E-state index >= 15 is 0 Å². The van der Waals surface area contributed by atoms with Gasteiger partial charge in [-0.2, -0.15) is 0 Å². The number of hydrogen-bond acceptors (Lipinski definition) is 0. The Balaban J connectivity index is 2.54. The van der Waals surface area contributed by atoms with Gasteiger partial charge in [-0.25, -0.2) is 0 Å². The Hall–Kier alpha value is -0.260. The molecule has 1 rings (SSSR count). The fourth-order valence-electron chi connectivity index (χ4n) is 1.54. The van der Waals surface area contributed by atoms with E-state index in [1.807, 2.05) is 0 Å². The second kappa shape index (κ2) is 1.86. The lowest BCUT2D eigenvalue weighted by Gasteiger charge is -2.39. The predicted octanol–water partition coefficient (Wildman–Crippen LogP) is 3.00. The molecule has 52 valence electrons. The Kier molecular flexibility index (Phi) is 1.42. The van der Waals surface area contributed by atoms with Crippen LogP contribution in [0, 0.1) is 11.3 Å². The maximum atomic E-state index is 4.01. The fourth-order valence-corrected chi connectivity index (χ4v) is 1.54. The Bertz CT molecular complexity index is 125. The van der Waals surface area contributed by atoms with Gasteiger partial charge >= 0.3 is 0 Å². The molecule has 0 aromatic rings. The molecule has 0 aromatic heterocycles. The van der Waals surface area contributed by atoms with Crippen LogP contribution < -0.4 is 0 Å². The summed E-state index contributed by atoms with van der Waals surface area (Å²) < 4.78 is 0. The van der Waals surface area contributed by atoms with Crippen LogP contribution in [0.3, 0.4) is 0 Å². The zero-order valence-electron chi connectivity index (χ0n) is 6.70. The average Bonchev–Trinajstić information content (AvgIpc) is 1.57. The lowest BCUT2D eigenvalue weighted by atomic mass is 9.66. The van der Waals surface area contributed by atoms with E-state index in [0.29, 0.717) is 5.41 Å². The second-order valence-electron chi connectivity index (χ2n) is 4.12. The molecule has 0 amide bonds. The third kappa shape index (κ3) is 1.17. The maximum absolute atomic E-state index is 4.01. The molecule has 1 unspecified atom stereocenters. The summed E-state index contributed by atoms with van der Waals surface area (Å²) in [6, 6.07) is 0. The molecule has 0 nitrogen and oxygen atoms in total. The summed E-state index contributed by atoms with van der Waals surface area (Å²) in [7, 11) is 0. The zero-order valence-corrected chi connectivity index (χ0v) is 6.70. The molecule has 0 aromatic carbocycles. The first-order valence-corrected chi connectivity index (χ1v) is 3.69. The first-order valence-electron chi connectivity index (χ1n) is 3.69. The van der Waals surface area contributed by atoms with Gasteiger partial charge in [0.15, 0.2) is 0 Å². The SMILES string of the molecule is C=C1CCC1C(C)(C)C. The summed E-state index contributed by atoms with van der Waals surface area (Å²) in [4.78, 5) is 0. The van der Waals surface area contributed by atoms with Crippen LogP contribution in [-0.2, 0) is 0 Å². The molecule has 0 bridgehead atoms. The molecule has 0 radical (unpaired) electrons. The van der Waals surface area contributed by atoms with Crippen molar-refractivity contribution in [2.75, 3.05) is 0 Å². The van der Waals surface area contributed by atoms with Crippen LogP contribution in [0.1, 0.15) is 33.6 Å². The van der Waals surface area contributed by atoms with Crippen molar-refractivity contribution in [1.82, 2.24) is 0 Å². The standard InChI is InChI=1S/C9H16/c1-7-5-6-8(7)9(2,3)4/h8H,1,5-6H2,2-4H3. The Morgan fingerprint density at radius 2 is 2.00 bits per heavy atom. The molecule has 1 atom stereocenters.